The number of nitro benzene ring substituents is 1. The summed E-state index contributed by atoms with van der Waals surface area (Å²) in [6.45, 7) is 5.12. The van der Waals surface area contributed by atoms with Crippen molar-refractivity contribution in [1.82, 2.24) is 4.90 Å². The van der Waals surface area contributed by atoms with Crippen molar-refractivity contribution < 1.29 is 22.9 Å². The van der Waals surface area contributed by atoms with E-state index >= 15 is 0 Å². The molecule has 158 valence electrons. The van der Waals surface area contributed by atoms with E-state index < -0.39 is 22.4 Å². The average molecular weight is 425 g/mol. The maximum absolute atomic E-state index is 12.7. The second-order valence-electron chi connectivity index (χ2n) is 7.36. The van der Waals surface area contributed by atoms with Crippen molar-refractivity contribution in [3.8, 4) is 0 Å². The number of likely N-dealkylation sites (tertiary alicyclic amines) is 1. The van der Waals surface area contributed by atoms with Crippen molar-refractivity contribution in [3.05, 3.63) is 33.9 Å². The minimum Gasteiger partial charge on any atom is -0.379 e. The number of halogens is 4. The molecule has 0 aliphatic carbocycles. The standard InChI is InChI=1S/C17H23F3N4O3.ClH/c1-16(2)10-23(8-6-14(16)21)15(25)5-7-22-12-4-3-11(17(18,19)20)9-13(12)24(26)27;/h3-4,9,14,22H,5-8,10,21H2,1-2H3;1H. The molecule has 1 aliphatic rings. The molecule has 0 spiro atoms. The molecule has 0 bridgehead atoms. The summed E-state index contributed by atoms with van der Waals surface area (Å²) in [6, 6.07) is 2.27. The molecule has 0 saturated carbocycles. The number of benzene rings is 1. The predicted octanol–water partition coefficient (Wildman–Crippen LogP) is 3.42. The fourth-order valence-electron chi connectivity index (χ4n) is 3.06. The number of carbonyl (C=O) groups is 1. The van der Waals surface area contributed by atoms with E-state index in [9.17, 15) is 28.1 Å². The van der Waals surface area contributed by atoms with E-state index in [1.807, 2.05) is 13.8 Å². The van der Waals surface area contributed by atoms with Gasteiger partial charge in [-0.2, -0.15) is 13.2 Å². The van der Waals surface area contributed by atoms with Gasteiger partial charge in [0.2, 0.25) is 5.91 Å². The summed E-state index contributed by atoms with van der Waals surface area (Å²) in [7, 11) is 0. The first-order valence-electron chi connectivity index (χ1n) is 8.54. The summed E-state index contributed by atoms with van der Waals surface area (Å²) in [4.78, 5) is 24.2. The van der Waals surface area contributed by atoms with Crippen LogP contribution in [0.3, 0.4) is 0 Å². The third-order valence-corrected chi connectivity index (χ3v) is 4.84. The van der Waals surface area contributed by atoms with Crippen LogP contribution in [0, 0.1) is 15.5 Å². The van der Waals surface area contributed by atoms with E-state index in [2.05, 4.69) is 5.32 Å². The second kappa shape index (κ2) is 8.95. The van der Waals surface area contributed by atoms with Gasteiger partial charge in [0, 0.05) is 38.2 Å². The molecular weight excluding hydrogens is 401 g/mol. The van der Waals surface area contributed by atoms with Gasteiger partial charge in [-0.15, -0.1) is 12.4 Å². The van der Waals surface area contributed by atoms with Crippen LogP contribution in [0.1, 0.15) is 32.3 Å². The molecule has 1 amide bonds. The zero-order valence-corrected chi connectivity index (χ0v) is 16.4. The quantitative estimate of drug-likeness (QED) is 0.557. The van der Waals surface area contributed by atoms with E-state index in [4.69, 9.17) is 5.73 Å². The van der Waals surface area contributed by atoms with Gasteiger partial charge in [-0.3, -0.25) is 14.9 Å². The number of alkyl halides is 3. The number of piperidine rings is 1. The lowest BCUT2D eigenvalue weighted by Crippen LogP contribution is -2.54. The molecule has 1 atom stereocenters. The molecule has 1 saturated heterocycles. The van der Waals surface area contributed by atoms with Gasteiger partial charge >= 0.3 is 6.18 Å². The molecular formula is C17H24ClF3N4O3. The van der Waals surface area contributed by atoms with Crippen LogP contribution >= 0.6 is 12.4 Å². The van der Waals surface area contributed by atoms with Crippen molar-refractivity contribution in [1.29, 1.82) is 0 Å². The molecule has 3 N–H and O–H groups in total. The molecule has 1 unspecified atom stereocenters. The van der Waals surface area contributed by atoms with Gasteiger partial charge in [0.15, 0.2) is 0 Å². The van der Waals surface area contributed by atoms with Gasteiger partial charge in [-0.1, -0.05) is 13.8 Å². The minimum absolute atomic E-state index is 0. The molecule has 11 heteroatoms. The third kappa shape index (κ3) is 5.71. The summed E-state index contributed by atoms with van der Waals surface area (Å²) < 4.78 is 38.1. The normalized spacial score (nSPS) is 18.9. The Morgan fingerprint density at radius 3 is 2.61 bits per heavy atom. The number of anilines is 1. The molecule has 28 heavy (non-hydrogen) atoms. The Morgan fingerprint density at radius 2 is 2.07 bits per heavy atom. The van der Waals surface area contributed by atoms with Crippen molar-refractivity contribution in [2.75, 3.05) is 25.0 Å². The Balaban J connectivity index is 0.00000392. The van der Waals surface area contributed by atoms with Crippen LogP contribution in [-0.2, 0) is 11.0 Å². The van der Waals surface area contributed by atoms with Crippen molar-refractivity contribution in [3.63, 3.8) is 0 Å². The molecule has 1 heterocycles. The third-order valence-electron chi connectivity index (χ3n) is 4.84. The lowest BCUT2D eigenvalue weighted by Gasteiger charge is -2.42. The fraction of sp³-hybridized carbons (Fsp3) is 0.588. The van der Waals surface area contributed by atoms with E-state index in [0.717, 1.165) is 12.1 Å². The SMILES string of the molecule is CC1(C)CN(C(=O)CCNc2ccc(C(F)(F)F)cc2[N+](=O)[O-])CCC1N.Cl. The zero-order valence-electron chi connectivity index (χ0n) is 15.6. The summed E-state index contributed by atoms with van der Waals surface area (Å²) in [5.74, 6) is -0.128. The van der Waals surface area contributed by atoms with Gasteiger partial charge in [0.25, 0.3) is 5.69 Å². The van der Waals surface area contributed by atoms with Gasteiger partial charge in [0.1, 0.15) is 5.69 Å². The Kier molecular flexibility index (Phi) is 7.66. The number of nitrogens with zero attached hydrogens (tertiary/aromatic N) is 2. The van der Waals surface area contributed by atoms with Crippen LogP contribution in [-0.4, -0.2) is 41.4 Å². The molecule has 1 aromatic carbocycles. The number of hydrogen-bond donors (Lipinski definition) is 2. The largest absolute Gasteiger partial charge is 0.416 e. The molecule has 2 rings (SSSR count). The smallest absolute Gasteiger partial charge is 0.379 e. The van der Waals surface area contributed by atoms with Crippen LogP contribution in [0.4, 0.5) is 24.5 Å². The Hall–Kier alpha value is -2.07. The highest BCUT2D eigenvalue weighted by molar-refractivity contribution is 5.85. The Morgan fingerprint density at radius 1 is 1.43 bits per heavy atom. The van der Waals surface area contributed by atoms with Crippen molar-refractivity contribution >= 4 is 29.7 Å². The fourth-order valence-corrected chi connectivity index (χ4v) is 3.06. The van der Waals surface area contributed by atoms with Crippen molar-refractivity contribution in [2.24, 2.45) is 11.1 Å². The first-order valence-corrected chi connectivity index (χ1v) is 8.54. The Bertz CT molecular complexity index is 728. The van der Waals surface area contributed by atoms with Crippen LogP contribution in [0.2, 0.25) is 0 Å². The highest BCUT2D eigenvalue weighted by Crippen LogP contribution is 2.35. The summed E-state index contributed by atoms with van der Waals surface area (Å²) in [6.07, 6.45) is -3.90. The van der Waals surface area contributed by atoms with Gasteiger partial charge in [-0.05, 0) is 24.0 Å². The molecule has 0 radical (unpaired) electrons. The number of nitro groups is 1. The number of rotatable bonds is 5. The first kappa shape index (κ1) is 24.0. The lowest BCUT2D eigenvalue weighted by molar-refractivity contribution is -0.384. The van der Waals surface area contributed by atoms with Crippen LogP contribution in [0.5, 0.6) is 0 Å². The van der Waals surface area contributed by atoms with E-state index in [-0.39, 0.29) is 48.4 Å². The van der Waals surface area contributed by atoms with Crippen molar-refractivity contribution in [2.45, 2.75) is 38.9 Å². The van der Waals surface area contributed by atoms with Gasteiger partial charge < -0.3 is 16.0 Å². The molecule has 1 aromatic rings. The lowest BCUT2D eigenvalue weighted by atomic mass is 9.79. The van der Waals surface area contributed by atoms with E-state index in [0.29, 0.717) is 25.6 Å². The topological polar surface area (TPSA) is 102 Å². The summed E-state index contributed by atoms with van der Waals surface area (Å²) >= 11 is 0. The highest BCUT2D eigenvalue weighted by atomic mass is 35.5. The number of carbonyl (C=O) groups excluding carboxylic acids is 1. The highest BCUT2D eigenvalue weighted by Gasteiger charge is 2.35. The number of amides is 1. The minimum atomic E-state index is -4.67. The molecule has 1 fully saturated rings. The van der Waals surface area contributed by atoms with Gasteiger partial charge in [-0.25, -0.2) is 0 Å². The molecule has 1 aliphatic heterocycles. The molecule has 0 aromatic heterocycles. The number of nitrogens with two attached hydrogens (primary N) is 1. The molecule has 7 nitrogen and oxygen atoms in total. The predicted molar refractivity (Wildman–Crippen MR) is 101 cm³/mol. The number of nitrogens with one attached hydrogen (secondary N) is 1. The first-order chi connectivity index (χ1) is 12.4. The average Bonchev–Trinajstić information content (AvgIpc) is 2.56. The zero-order chi connectivity index (χ0) is 20.4. The van der Waals surface area contributed by atoms with Crippen LogP contribution in [0.15, 0.2) is 18.2 Å². The van der Waals surface area contributed by atoms with Gasteiger partial charge in [0.05, 0.1) is 10.5 Å². The maximum Gasteiger partial charge on any atom is 0.416 e. The number of hydrogen-bond acceptors (Lipinski definition) is 5. The summed E-state index contributed by atoms with van der Waals surface area (Å²) in [5.41, 5.74) is 4.02. The van der Waals surface area contributed by atoms with Crippen LogP contribution in [0.25, 0.3) is 0 Å². The van der Waals surface area contributed by atoms with Crippen LogP contribution < -0.4 is 11.1 Å². The second-order valence-corrected chi connectivity index (χ2v) is 7.36. The monoisotopic (exact) mass is 424 g/mol. The van der Waals surface area contributed by atoms with E-state index in [1.165, 1.54) is 0 Å². The van der Waals surface area contributed by atoms with E-state index in [1.54, 1.807) is 4.90 Å². The summed E-state index contributed by atoms with van der Waals surface area (Å²) in [5, 5.41) is 13.8. The Labute approximate surface area is 167 Å². The maximum atomic E-state index is 12.7.